The highest BCUT2D eigenvalue weighted by Crippen LogP contribution is 2.29. The van der Waals surface area contributed by atoms with E-state index >= 15 is 0 Å². The monoisotopic (exact) mass is 415 g/mol. The zero-order chi connectivity index (χ0) is 20.5. The Balaban J connectivity index is 1.68. The van der Waals surface area contributed by atoms with E-state index < -0.39 is 34.4 Å². The van der Waals surface area contributed by atoms with Crippen molar-refractivity contribution >= 4 is 15.8 Å². The van der Waals surface area contributed by atoms with Gasteiger partial charge in [-0.3, -0.25) is 4.79 Å². The Morgan fingerprint density at radius 2 is 1.93 bits per heavy atom. The Morgan fingerprint density at radius 3 is 2.46 bits per heavy atom. The van der Waals surface area contributed by atoms with Crippen LogP contribution in [0.25, 0.3) is 11.4 Å². The Hall–Kier alpha value is -3.06. The maximum absolute atomic E-state index is 12.5. The van der Waals surface area contributed by atoms with Gasteiger partial charge in [-0.1, -0.05) is 29.4 Å². The fourth-order valence-electron chi connectivity index (χ4n) is 2.13. The first-order valence-electron chi connectivity index (χ1n) is 7.58. The van der Waals surface area contributed by atoms with E-state index in [0.717, 1.165) is 0 Å². The average Bonchev–Trinajstić information content (AvgIpc) is 3.29. The number of imidazole rings is 1. The predicted molar refractivity (Wildman–Crippen MR) is 87.5 cm³/mol. The van der Waals surface area contributed by atoms with Crippen molar-refractivity contribution in [3.8, 4) is 11.4 Å². The molecule has 0 aliphatic carbocycles. The maximum Gasteiger partial charge on any atom is 0.471 e. The molecule has 148 valence electrons. The van der Waals surface area contributed by atoms with E-state index in [1.54, 1.807) is 7.05 Å². The van der Waals surface area contributed by atoms with Crippen LogP contribution in [-0.2, 0) is 23.2 Å². The highest BCUT2D eigenvalue weighted by atomic mass is 32.2. The first-order valence-corrected chi connectivity index (χ1v) is 9.07. The molecule has 0 spiro atoms. The third kappa shape index (κ3) is 4.26. The molecule has 0 atom stereocenters. The second kappa shape index (κ2) is 7.16. The summed E-state index contributed by atoms with van der Waals surface area (Å²) in [5.74, 6) is -2.32. The molecule has 2 heterocycles. The number of nitrogens with zero attached hydrogens (tertiary/aromatic N) is 4. The van der Waals surface area contributed by atoms with Crippen LogP contribution < -0.4 is 4.72 Å². The molecule has 0 aliphatic rings. The summed E-state index contributed by atoms with van der Waals surface area (Å²) in [6.45, 7) is -0.515. The zero-order valence-electron chi connectivity index (χ0n) is 14.1. The molecule has 0 bridgehead atoms. The number of ketones is 1. The van der Waals surface area contributed by atoms with E-state index in [2.05, 4.69) is 24.4 Å². The molecule has 0 saturated heterocycles. The first kappa shape index (κ1) is 19.7. The van der Waals surface area contributed by atoms with Crippen molar-refractivity contribution in [3.05, 3.63) is 48.2 Å². The normalized spacial score (nSPS) is 12.3. The fourth-order valence-corrected chi connectivity index (χ4v) is 3.09. The predicted octanol–water partition coefficient (Wildman–Crippen LogP) is 1.65. The van der Waals surface area contributed by atoms with Crippen LogP contribution in [0.2, 0.25) is 0 Å². The van der Waals surface area contributed by atoms with Crippen LogP contribution in [-0.4, -0.2) is 40.4 Å². The molecular formula is C15H12F3N5O4S. The van der Waals surface area contributed by atoms with Crippen molar-refractivity contribution in [1.29, 1.82) is 0 Å². The van der Waals surface area contributed by atoms with Crippen molar-refractivity contribution < 1.29 is 30.9 Å². The summed E-state index contributed by atoms with van der Waals surface area (Å²) >= 11 is 0. The van der Waals surface area contributed by atoms with Crippen molar-refractivity contribution in [2.24, 2.45) is 7.05 Å². The van der Waals surface area contributed by atoms with Gasteiger partial charge < -0.3 is 9.09 Å². The molecule has 0 fully saturated rings. The molecule has 13 heteroatoms. The Morgan fingerprint density at radius 1 is 1.25 bits per heavy atom. The quantitative estimate of drug-likeness (QED) is 0.608. The largest absolute Gasteiger partial charge is 0.471 e. The van der Waals surface area contributed by atoms with Gasteiger partial charge in [-0.25, -0.2) is 18.1 Å². The summed E-state index contributed by atoms with van der Waals surface area (Å²) in [7, 11) is -2.35. The second-order valence-corrected chi connectivity index (χ2v) is 7.34. The lowest BCUT2D eigenvalue weighted by atomic mass is 10.1. The third-order valence-corrected chi connectivity index (χ3v) is 4.80. The van der Waals surface area contributed by atoms with Crippen molar-refractivity contribution in [2.45, 2.75) is 11.2 Å². The standard InChI is InChI=1S/C15H12F3N5O4S/c1-23-7-12(19-8-23)28(25,26)20-6-11(24)9-2-4-10(5-3-9)13-21-14(27-22-13)15(16,17)18/h2-5,7-8,20H,6H2,1H3. The highest BCUT2D eigenvalue weighted by molar-refractivity contribution is 7.89. The van der Waals surface area contributed by atoms with Crippen molar-refractivity contribution in [2.75, 3.05) is 6.54 Å². The summed E-state index contributed by atoms with van der Waals surface area (Å²) in [5, 5.41) is 3.01. The Bertz CT molecular complexity index is 1100. The van der Waals surface area contributed by atoms with Crippen LogP contribution in [0.4, 0.5) is 13.2 Å². The number of aromatic nitrogens is 4. The van der Waals surface area contributed by atoms with Gasteiger partial charge in [0.05, 0.1) is 12.9 Å². The summed E-state index contributed by atoms with van der Waals surface area (Å²) < 4.78 is 69.3. The smallest absolute Gasteiger partial charge is 0.339 e. The number of hydrogen-bond acceptors (Lipinski definition) is 7. The summed E-state index contributed by atoms with van der Waals surface area (Å²) in [6.07, 6.45) is -2.18. The number of alkyl halides is 3. The van der Waals surface area contributed by atoms with Crippen LogP contribution >= 0.6 is 0 Å². The number of halogens is 3. The highest BCUT2D eigenvalue weighted by Gasteiger charge is 2.38. The van der Waals surface area contributed by atoms with Crippen molar-refractivity contribution in [1.82, 2.24) is 24.4 Å². The van der Waals surface area contributed by atoms with E-state index in [1.807, 2.05) is 0 Å². The Kier molecular flexibility index (Phi) is 5.04. The SMILES string of the molecule is Cn1cnc(S(=O)(=O)NCC(=O)c2ccc(-c3noc(C(F)(F)F)n3)cc2)c1. The first-order chi connectivity index (χ1) is 13.1. The van der Waals surface area contributed by atoms with Crippen molar-refractivity contribution in [3.63, 3.8) is 0 Å². The molecule has 0 radical (unpaired) electrons. The molecule has 9 nitrogen and oxygen atoms in total. The van der Waals surface area contributed by atoms with E-state index in [1.165, 1.54) is 41.4 Å². The van der Waals surface area contributed by atoms with Gasteiger partial charge in [-0.15, -0.1) is 0 Å². The Labute approximate surface area is 156 Å². The molecule has 1 aromatic carbocycles. The molecule has 2 aromatic heterocycles. The van der Waals surface area contributed by atoms with Crippen LogP contribution in [0.1, 0.15) is 16.2 Å². The number of carbonyl (C=O) groups excluding carboxylic acids is 1. The lowest BCUT2D eigenvalue weighted by Crippen LogP contribution is -2.29. The lowest BCUT2D eigenvalue weighted by Gasteiger charge is -2.04. The molecule has 3 aromatic rings. The third-order valence-electron chi connectivity index (χ3n) is 3.51. The molecule has 0 unspecified atom stereocenters. The molecule has 0 aliphatic heterocycles. The van der Waals surface area contributed by atoms with Gasteiger partial charge in [0, 0.05) is 24.4 Å². The molecular weight excluding hydrogens is 403 g/mol. The van der Waals surface area contributed by atoms with Gasteiger partial charge >= 0.3 is 12.1 Å². The van der Waals surface area contributed by atoms with E-state index in [0.29, 0.717) is 0 Å². The molecule has 0 saturated carbocycles. The van der Waals surface area contributed by atoms with Gasteiger partial charge in [0.1, 0.15) is 0 Å². The van der Waals surface area contributed by atoms with Crippen LogP contribution in [0.15, 0.2) is 46.3 Å². The number of rotatable bonds is 6. The van der Waals surface area contributed by atoms with Gasteiger partial charge in [-0.05, 0) is 0 Å². The topological polar surface area (TPSA) is 120 Å². The zero-order valence-corrected chi connectivity index (χ0v) is 15.0. The van der Waals surface area contributed by atoms with E-state index in [-0.39, 0.29) is 22.0 Å². The van der Waals surface area contributed by atoms with Crippen LogP contribution in [0.5, 0.6) is 0 Å². The molecule has 0 amide bonds. The van der Waals surface area contributed by atoms with E-state index in [4.69, 9.17) is 0 Å². The molecule has 1 N–H and O–H groups in total. The number of nitrogens with one attached hydrogen (secondary N) is 1. The van der Waals surface area contributed by atoms with Gasteiger partial charge in [0.25, 0.3) is 10.0 Å². The molecule has 3 rings (SSSR count). The summed E-state index contributed by atoms with van der Waals surface area (Å²) in [6, 6.07) is 5.28. The van der Waals surface area contributed by atoms with Crippen LogP contribution in [0, 0.1) is 0 Å². The minimum atomic E-state index is -4.76. The average molecular weight is 415 g/mol. The number of sulfonamides is 1. The number of carbonyl (C=O) groups is 1. The van der Waals surface area contributed by atoms with E-state index in [9.17, 15) is 26.4 Å². The minimum absolute atomic E-state index is 0.145. The molecule has 28 heavy (non-hydrogen) atoms. The van der Waals surface area contributed by atoms with Gasteiger partial charge in [0.2, 0.25) is 5.82 Å². The van der Waals surface area contributed by atoms with Crippen LogP contribution in [0.3, 0.4) is 0 Å². The lowest BCUT2D eigenvalue weighted by molar-refractivity contribution is -0.159. The minimum Gasteiger partial charge on any atom is -0.339 e. The summed E-state index contributed by atoms with van der Waals surface area (Å²) in [4.78, 5) is 19.1. The second-order valence-electron chi connectivity index (χ2n) is 5.62. The number of hydrogen-bond donors (Lipinski definition) is 1. The number of aryl methyl sites for hydroxylation is 1. The fraction of sp³-hybridized carbons (Fsp3) is 0.200. The maximum atomic E-state index is 12.5. The van der Waals surface area contributed by atoms with Gasteiger partial charge in [0.15, 0.2) is 10.8 Å². The number of benzene rings is 1. The summed E-state index contributed by atoms with van der Waals surface area (Å²) in [5.41, 5.74) is 0.344. The van der Waals surface area contributed by atoms with Gasteiger partial charge in [-0.2, -0.15) is 18.2 Å². The number of Topliss-reactive ketones (excluding diaryl/α,β-unsaturated/α-hetero) is 1.